The van der Waals surface area contributed by atoms with E-state index in [0.29, 0.717) is 0 Å². The van der Waals surface area contributed by atoms with Gasteiger partial charge in [0.15, 0.2) is 0 Å². The summed E-state index contributed by atoms with van der Waals surface area (Å²) in [6.45, 7) is 5.45. The van der Waals surface area contributed by atoms with Crippen molar-refractivity contribution in [2.75, 3.05) is 6.54 Å². The van der Waals surface area contributed by atoms with Gasteiger partial charge in [-0.1, -0.05) is 36.4 Å². The molecule has 106 valence electrons. The normalized spacial score (nSPS) is 17.9. The van der Waals surface area contributed by atoms with Gasteiger partial charge >= 0.3 is 0 Å². The molecule has 0 bridgehead atoms. The lowest BCUT2D eigenvalue weighted by atomic mass is 9.90. The molecule has 0 saturated carbocycles. The van der Waals surface area contributed by atoms with E-state index in [9.17, 15) is 0 Å². The maximum absolute atomic E-state index is 3.69. The monoisotopic (exact) mass is 276 g/mol. The minimum atomic E-state index is 0.279. The summed E-state index contributed by atoms with van der Waals surface area (Å²) in [7, 11) is 0. The fraction of sp³-hybridized carbons (Fsp3) is 0.263. The Kier molecular flexibility index (Phi) is 2.86. The number of aromatic amines is 1. The Balaban J connectivity index is 1.92. The summed E-state index contributed by atoms with van der Waals surface area (Å²) >= 11 is 0. The minimum absolute atomic E-state index is 0.279. The fourth-order valence-corrected chi connectivity index (χ4v) is 3.53. The Morgan fingerprint density at radius 2 is 1.86 bits per heavy atom. The quantitative estimate of drug-likeness (QED) is 0.690. The Hall–Kier alpha value is -2.06. The van der Waals surface area contributed by atoms with E-state index in [1.807, 2.05) is 0 Å². The summed E-state index contributed by atoms with van der Waals surface area (Å²) in [6.07, 6.45) is 1.10. The molecule has 0 radical (unpaired) electrons. The number of nitrogens with one attached hydrogen (secondary N) is 2. The molecular formula is C19H20N2. The van der Waals surface area contributed by atoms with Crippen LogP contribution in [-0.4, -0.2) is 11.5 Å². The molecule has 0 saturated heterocycles. The second-order valence-electron chi connectivity index (χ2n) is 5.99. The van der Waals surface area contributed by atoms with Crippen LogP contribution >= 0.6 is 0 Å². The average molecular weight is 276 g/mol. The van der Waals surface area contributed by atoms with E-state index >= 15 is 0 Å². The smallest absolute Gasteiger partial charge is 0.0735 e. The molecule has 2 aromatic carbocycles. The molecule has 2 nitrogen and oxygen atoms in total. The number of rotatable bonds is 1. The zero-order chi connectivity index (χ0) is 14.4. The molecule has 0 spiro atoms. The molecule has 0 fully saturated rings. The maximum Gasteiger partial charge on any atom is 0.0735 e. The maximum atomic E-state index is 3.69. The molecule has 1 aromatic heterocycles. The van der Waals surface area contributed by atoms with Crippen molar-refractivity contribution < 1.29 is 0 Å². The molecule has 21 heavy (non-hydrogen) atoms. The van der Waals surface area contributed by atoms with Gasteiger partial charge in [0.2, 0.25) is 0 Å². The third-order valence-electron chi connectivity index (χ3n) is 4.82. The van der Waals surface area contributed by atoms with Crippen LogP contribution in [-0.2, 0) is 6.42 Å². The van der Waals surface area contributed by atoms with Crippen LogP contribution in [0.25, 0.3) is 10.9 Å². The van der Waals surface area contributed by atoms with Crippen LogP contribution in [0.4, 0.5) is 0 Å². The summed E-state index contributed by atoms with van der Waals surface area (Å²) in [5.74, 6) is 0. The molecule has 2 N–H and O–H groups in total. The lowest BCUT2D eigenvalue weighted by molar-refractivity contribution is 0.558. The second kappa shape index (κ2) is 4.74. The van der Waals surface area contributed by atoms with E-state index in [2.05, 4.69) is 66.6 Å². The summed E-state index contributed by atoms with van der Waals surface area (Å²) in [6, 6.07) is 15.5. The highest BCUT2D eigenvalue weighted by atomic mass is 15.0. The van der Waals surface area contributed by atoms with Crippen molar-refractivity contribution in [3.05, 3.63) is 70.4 Å². The third-order valence-corrected chi connectivity index (χ3v) is 4.82. The number of hydrogen-bond donors (Lipinski definition) is 2. The predicted octanol–water partition coefficient (Wildman–Crippen LogP) is 4.02. The van der Waals surface area contributed by atoms with Crippen molar-refractivity contribution in [2.24, 2.45) is 0 Å². The Morgan fingerprint density at radius 1 is 1.00 bits per heavy atom. The molecule has 2 heteroatoms. The van der Waals surface area contributed by atoms with Gasteiger partial charge < -0.3 is 10.3 Å². The van der Waals surface area contributed by atoms with Gasteiger partial charge in [0.25, 0.3) is 0 Å². The number of H-pyrrole nitrogens is 1. The van der Waals surface area contributed by atoms with Crippen LogP contribution < -0.4 is 5.32 Å². The largest absolute Gasteiger partial charge is 0.357 e. The van der Waals surface area contributed by atoms with Crippen molar-refractivity contribution in [3.63, 3.8) is 0 Å². The van der Waals surface area contributed by atoms with Crippen molar-refractivity contribution in [2.45, 2.75) is 26.3 Å². The summed E-state index contributed by atoms with van der Waals surface area (Å²) in [5, 5.41) is 5.07. The highest BCUT2D eigenvalue weighted by Gasteiger charge is 2.26. The van der Waals surface area contributed by atoms with Gasteiger partial charge in [-0.3, -0.25) is 0 Å². The number of benzene rings is 2. The summed E-state index contributed by atoms with van der Waals surface area (Å²) < 4.78 is 0. The van der Waals surface area contributed by atoms with Gasteiger partial charge in [0.05, 0.1) is 6.04 Å². The van der Waals surface area contributed by atoms with E-state index in [1.54, 1.807) is 0 Å². The van der Waals surface area contributed by atoms with E-state index in [-0.39, 0.29) is 6.04 Å². The van der Waals surface area contributed by atoms with Crippen LogP contribution in [0, 0.1) is 13.8 Å². The number of fused-ring (bicyclic) bond motifs is 3. The molecule has 0 aliphatic carbocycles. The van der Waals surface area contributed by atoms with E-state index in [4.69, 9.17) is 0 Å². The molecule has 4 rings (SSSR count). The number of aromatic nitrogens is 1. The van der Waals surface area contributed by atoms with Crippen LogP contribution in [0.5, 0.6) is 0 Å². The zero-order valence-corrected chi connectivity index (χ0v) is 12.5. The lowest BCUT2D eigenvalue weighted by Gasteiger charge is -2.26. The molecule has 0 unspecified atom stereocenters. The van der Waals surface area contributed by atoms with E-state index < -0.39 is 0 Å². The number of aryl methyl sites for hydroxylation is 1. The van der Waals surface area contributed by atoms with Crippen molar-refractivity contribution in [1.82, 2.24) is 10.3 Å². The Morgan fingerprint density at radius 3 is 2.76 bits per heavy atom. The number of para-hydroxylation sites is 1. The molecule has 1 atom stereocenters. The van der Waals surface area contributed by atoms with Crippen molar-refractivity contribution in [3.8, 4) is 0 Å². The number of hydrogen-bond acceptors (Lipinski definition) is 1. The van der Waals surface area contributed by atoms with Gasteiger partial charge in [-0.05, 0) is 48.6 Å². The molecular weight excluding hydrogens is 256 g/mol. The van der Waals surface area contributed by atoms with Crippen LogP contribution in [0.2, 0.25) is 0 Å². The first-order valence-electron chi connectivity index (χ1n) is 7.64. The van der Waals surface area contributed by atoms with Gasteiger partial charge in [0.1, 0.15) is 0 Å². The molecule has 3 aromatic rings. The summed E-state index contributed by atoms with van der Waals surface area (Å²) in [4.78, 5) is 3.65. The standard InChI is InChI=1S/C19H20N2/c1-12-6-5-8-14(13(12)2)18-19-16(10-11-20-18)15-7-3-4-9-17(15)21-19/h3-9,18,20-21H,10-11H2,1-2H3/t18-/m0/s1. The van der Waals surface area contributed by atoms with E-state index in [0.717, 1.165) is 13.0 Å². The Bertz CT molecular complexity index is 814. The first kappa shape index (κ1) is 12.7. The molecule has 1 aliphatic heterocycles. The van der Waals surface area contributed by atoms with Gasteiger partial charge in [-0.2, -0.15) is 0 Å². The van der Waals surface area contributed by atoms with Crippen molar-refractivity contribution in [1.29, 1.82) is 0 Å². The molecule has 0 amide bonds. The van der Waals surface area contributed by atoms with Crippen LogP contribution in [0.3, 0.4) is 0 Å². The van der Waals surface area contributed by atoms with Crippen molar-refractivity contribution >= 4 is 10.9 Å². The topological polar surface area (TPSA) is 27.8 Å². The van der Waals surface area contributed by atoms with Gasteiger partial charge in [-0.15, -0.1) is 0 Å². The predicted molar refractivity (Wildman–Crippen MR) is 87.8 cm³/mol. The first-order chi connectivity index (χ1) is 10.3. The fourth-order valence-electron chi connectivity index (χ4n) is 3.53. The van der Waals surface area contributed by atoms with Gasteiger partial charge in [0, 0.05) is 23.1 Å². The summed E-state index contributed by atoms with van der Waals surface area (Å²) in [5.41, 5.74) is 8.22. The third kappa shape index (κ3) is 1.90. The second-order valence-corrected chi connectivity index (χ2v) is 5.99. The Labute approximate surface area is 125 Å². The van der Waals surface area contributed by atoms with E-state index in [1.165, 1.54) is 38.9 Å². The highest BCUT2D eigenvalue weighted by Crippen LogP contribution is 2.34. The highest BCUT2D eigenvalue weighted by molar-refractivity contribution is 5.85. The zero-order valence-electron chi connectivity index (χ0n) is 12.5. The molecule has 1 aliphatic rings. The van der Waals surface area contributed by atoms with Crippen LogP contribution in [0.15, 0.2) is 42.5 Å². The van der Waals surface area contributed by atoms with Gasteiger partial charge in [-0.25, -0.2) is 0 Å². The average Bonchev–Trinajstić information content (AvgIpc) is 2.89. The lowest BCUT2D eigenvalue weighted by Crippen LogP contribution is -2.31. The van der Waals surface area contributed by atoms with Crippen LogP contribution in [0.1, 0.15) is 34.0 Å². The first-order valence-corrected chi connectivity index (χ1v) is 7.64. The SMILES string of the molecule is Cc1cccc([C@@H]2NCCc3c2[nH]c2ccccc32)c1C. The minimum Gasteiger partial charge on any atom is -0.357 e. The molecule has 2 heterocycles.